The lowest BCUT2D eigenvalue weighted by Crippen LogP contribution is -1.90. The molecule has 2 aromatic carbocycles. The van der Waals surface area contributed by atoms with Crippen molar-refractivity contribution < 1.29 is 9.45 Å². The fraction of sp³-hybridized carbons (Fsp3) is 0.0526. The average molecular weight is 333 g/mol. The maximum atomic E-state index is 11.0. The van der Waals surface area contributed by atoms with Crippen molar-refractivity contribution in [3.8, 4) is 0 Å². The van der Waals surface area contributed by atoms with Crippen LogP contribution < -0.4 is 0 Å². The molecule has 0 fully saturated rings. The fourth-order valence-corrected chi connectivity index (χ4v) is 2.24. The Morgan fingerprint density at radius 1 is 1.04 bits per heavy atom. The molecule has 0 aliphatic rings. The van der Waals surface area contributed by atoms with E-state index in [9.17, 15) is 10.1 Å². The Balaban J connectivity index is 1.73. The van der Waals surface area contributed by atoms with Crippen LogP contribution in [0.4, 0.5) is 11.4 Å². The van der Waals surface area contributed by atoms with Crippen LogP contribution in [0.3, 0.4) is 0 Å². The SMILES string of the molecule is Cc1noc(/C=C/c2ccc(/C=N/c3ccccc3)cc2)c1[N+](=O)[O-]. The molecule has 3 rings (SSSR count). The number of nitro groups is 1. The number of hydrogen-bond acceptors (Lipinski definition) is 5. The molecule has 1 aromatic heterocycles. The summed E-state index contributed by atoms with van der Waals surface area (Å²) in [6.45, 7) is 1.54. The smallest absolute Gasteiger partial charge is 0.338 e. The van der Waals surface area contributed by atoms with Gasteiger partial charge in [0.05, 0.1) is 10.6 Å². The minimum Gasteiger partial charge on any atom is -0.349 e. The third-order valence-electron chi connectivity index (χ3n) is 3.52. The van der Waals surface area contributed by atoms with E-state index in [1.165, 1.54) is 0 Å². The first-order valence-electron chi connectivity index (χ1n) is 7.61. The molecule has 25 heavy (non-hydrogen) atoms. The molecule has 0 radical (unpaired) electrons. The van der Waals surface area contributed by atoms with Gasteiger partial charge < -0.3 is 4.52 Å². The molecule has 0 spiro atoms. The van der Waals surface area contributed by atoms with Gasteiger partial charge in [0.1, 0.15) is 0 Å². The van der Waals surface area contributed by atoms with Gasteiger partial charge >= 0.3 is 5.69 Å². The number of hydrogen-bond donors (Lipinski definition) is 0. The quantitative estimate of drug-likeness (QED) is 0.381. The van der Waals surface area contributed by atoms with E-state index in [1.807, 2.05) is 54.6 Å². The van der Waals surface area contributed by atoms with Crippen molar-refractivity contribution in [2.75, 3.05) is 0 Å². The summed E-state index contributed by atoms with van der Waals surface area (Å²) >= 11 is 0. The molecule has 0 N–H and O–H groups in total. The topological polar surface area (TPSA) is 81.5 Å². The van der Waals surface area contributed by atoms with E-state index in [0.717, 1.165) is 16.8 Å². The van der Waals surface area contributed by atoms with E-state index >= 15 is 0 Å². The summed E-state index contributed by atoms with van der Waals surface area (Å²) in [5.41, 5.74) is 2.89. The second kappa shape index (κ2) is 7.35. The second-order valence-electron chi connectivity index (χ2n) is 5.33. The average Bonchev–Trinajstić information content (AvgIpc) is 3.01. The van der Waals surface area contributed by atoms with E-state index in [4.69, 9.17) is 4.52 Å². The summed E-state index contributed by atoms with van der Waals surface area (Å²) < 4.78 is 4.99. The van der Waals surface area contributed by atoms with Crippen molar-refractivity contribution in [1.29, 1.82) is 0 Å². The summed E-state index contributed by atoms with van der Waals surface area (Å²) in [5.74, 6) is 0.136. The zero-order valence-electron chi connectivity index (χ0n) is 13.5. The van der Waals surface area contributed by atoms with Gasteiger partial charge in [-0.05, 0) is 36.3 Å². The Hall–Kier alpha value is -3.54. The monoisotopic (exact) mass is 333 g/mol. The molecule has 0 aliphatic carbocycles. The standard InChI is InChI=1S/C19H15N3O3/c1-14-19(22(23)24)18(25-21-14)12-11-15-7-9-16(10-8-15)13-20-17-5-3-2-4-6-17/h2-13H,1H3/b12-11+,20-13+. The molecule has 0 aliphatic heterocycles. The predicted molar refractivity (Wildman–Crippen MR) is 97.0 cm³/mol. The summed E-state index contributed by atoms with van der Waals surface area (Å²) in [6, 6.07) is 17.3. The largest absolute Gasteiger partial charge is 0.349 e. The van der Waals surface area contributed by atoms with Crippen LogP contribution in [-0.4, -0.2) is 16.3 Å². The Bertz CT molecular complexity index is 926. The third kappa shape index (κ3) is 4.06. The van der Waals surface area contributed by atoms with Crippen LogP contribution in [0, 0.1) is 17.0 Å². The normalized spacial score (nSPS) is 11.4. The minimum absolute atomic E-state index is 0.108. The van der Waals surface area contributed by atoms with E-state index in [-0.39, 0.29) is 17.1 Å². The highest BCUT2D eigenvalue weighted by Gasteiger charge is 2.21. The fourth-order valence-electron chi connectivity index (χ4n) is 2.24. The number of aliphatic imine (C=N–C) groups is 1. The predicted octanol–water partition coefficient (Wildman–Crippen LogP) is 4.81. The van der Waals surface area contributed by atoms with Crippen LogP contribution >= 0.6 is 0 Å². The Morgan fingerprint density at radius 2 is 1.72 bits per heavy atom. The Labute approximate surface area is 144 Å². The van der Waals surface area contributed by atoms with Gasteiger partial charge in [0.2, 0.25) is 5.76 Å². The van der Waals surface area contributed by atoms with E-state index in [0.29, 0.717) is 0 Å². The second-order valence-corrected chi connectivity index (χ2v) is 5.33. The van der Waals surface area contributed by atoms with Crippen molar-refractivity contribution in [1.82, 2.24) is 5.16 Å². The molecule has 6 heteroatoms. The Morgan fingerprint density at radius 3 is 2.40 bits per heavy atom. The van der Waals surface area contributed by atoms with Crippen LogP contribution in [0.25, 0.3) is 12.2 Å². The van der Waals surface area contributed by atoms with Gasteiger partial charge in [0.15, 0.2) is 5.69 Å². The molecule has 124 valence electrons. The van der Waals surface area contributed by atoms with Gasteiger partial charge in [-0.15, -0.1) is 0 Å². The van der Waals surface area contributed by atoms with Crippen molar-refractivity contribution >= 4 is 29.7 Å². The highest BCUT2D eigenvalue weighted by Crippen LogP contribution is 2.24. The van der Waals surface area contributed by atoms with Gasteiger partial charge in [-0.1, -0.05) is 53.7 Å². The van der Waals surface area contributed by atoms with Crippen LogP contribution in [-0.2, 0) is 0 Å². The van der Waals surface area contributed by atoms with E-state index in [1.54, 1.807) is 25.3 Å². The molecule has 6 nitrogen and oxygen atoms in total. The number of para-hydroxylation sites is 1. The molecular formula is C19H15N3O3. The van der Waals surface area contributed by atoms with Crippen LogP contribution in [0.5, 0.6) is 0 Å². The summed E-state index contributed by atoms with van der Waals surface area (Å²) in [6.07, 6.45) is 5.07. The molecule has 0 atom stereocenters. The number of aromatic nitrogens is 1. The third-order valence-corrected chi connectivity index (χ3v) is 3.52. The minimum atomic E-state index is -0.491. The van der Waals surface area contributed by atoms with Crippen LogP contribution in [0.1, 0.15) is 22.6 Å². The maximum absolute atomic E-state index is 11.0. The zero-order chi connectivity index (χ0) is 17.6. The lowest BCUT2D eigenvalue weighted by molar-refractivity contribution is -0.386. The highest BCUT2D eigenvalue weighted by molar-refractivity contribution is 5.82. The van der Waals surface area contributed by atoms with Crippen molar-refractivity contribution in [2.24, 2.45) is 4.99 Å². The summed E-state index contributed by atoms with van der Waals surface area (Å²) in [4.78, 5) is 14.9. The zero-order valence-corrected chi connectivity index (χ0v) is 13.5. The first-order valence-corrected chi connectivity index (χ1v) is 7.61. The number of aryl methyl sites for hydroxylation is 1. The molecule has 0 amide bonds. The van der Waals surface area contributed by atoms with E-state index in [2.05, 4.69) is 10.1 Å². The molecule has 0 saturated heterocycles. The van der Waals surface area contributed by atoms with Crippen LogP contribution in [0.15, 0.2) is 64.1 Å². The lowest BCUT2D eigenvalue weighted by atomic mass is 10.1. The van der Waals surface area contributed by atoms with Crippen molar-refractivity contribution in [2.45, 2.75) is 6.92 Å². The van der Waals surface area contributed by atoms with Gasteiger partial charge in [0.25, 0.3) is 0 Å². The molecular weight excluding hydrogens is 318 g/mol. The van der Waals surface area contributed by atoms with Gasteiger partial charge in [0, 0.05) is 6.21 Å². The number of nitrogens with zero attached hydrogens (tertiary/aromatic N) is 3. The summed E-state index contributed by atoms with van der Waals surface area (Å²) in [5, 5.41) is 14.6. The first-order chi connectivity index (χ1) is 12.1. The molecule has 0 saturated carbocycles. The number of benzene rings is 2. The lowest BCUT2D eigenvalue weighted by Gasteiger charge is -1.96. The van der Waals surface area contributed by atoms with Crippen molar-refractivity contribution in [3.05, 3.63) is 87.3 Å². The van der Waals surface area contributed by atoms with Gasteiger partial charge in [-0.25, -0.2) is 0 Å². The van der Waals surface area contributed by atoms with Gasteiger partial charge in [-0.2, -0.15) is 0 Å². The molecule has 0 bridgehead atoms. The Kier molecular flexibility index (Phi) is 4.80. The molecule has 1 heterocycles. The van der Waals surface area contributed by atoms with Crippen molar-refractivity contribution in [3.63, 3.8) is 0 Å². The first kappa shape index (κ1) is 16.3. The molecule has 3 aromatic rings. The molecule has 0 unspecified atom stereocenters. The van der Waals surface area contributed by atoms with Crippen LogP contribution in [0.2, 0.25) is 0 Å². The van der Waals surface area contributed by atoms with E-state index < -0.39 is 4.92 Å². The highest BCUT2D eigenvalue weighted by atomic mass is 16.6. The number of rotatable bonds is 5. The van der Waals surface area contributed by atoms with Gasteiger partial charge in [-0.3, -0.25) is 15.1 Å². The summed E-state index contributed by atoms with van der Waals surface area (Å²) in [7, 11) is 0. The maximum Gasteiger partial charge on any atom is 0.338 e.